The van der Waals surface area contributed by atoms with Gasteiger partial charge in [-0.15, -0.1) is 0 Å². The summed E-state index contributed by atoms with van der Waals surface area (Å²) >= 11 is 0. The number of benzene rings is 1. The Balaban J connectivity index is 2.06. The first-order valence-electron chi connectivity index (χ1n) is 6.03. The maximum atomic E-state index is 11.4. The van der Waals surface area contributed by atoms with Gasteiger partial charge in [0, 0.05) is 18.1 Å². The van der Waals surface area contributed by atoms with E-state index in [1.165, 1.54) is 0 Å². The lowest BCUT2D eigenvalue weighted by Gasteiger charge is -2.07. The van der Waals surface area contributed by atoms with E-state index in [0.717, 1.165) is 16.5 Å². The first-order chi connectivity index (χ1) is 9.12. The fourth-order valence-corrected chi connectivity index (χ4v) is 2.70. The molecule has 1 aromatic carbocycles. The number of pyridine rings is 1. The van der Waals surface area contributed by atoms with E-state index in [2.05, 4.69) is 9.71 Å². The van der Waals surface area contributed by atoms with Gasteiger partial charge in [0.15, 0.2) is 0 Å². The Bertz CT molecular complexity index is 650. The van der Waals surface area contributed by atoms with Crippen molar-refractivity contribution in [2.45, 2.75) is 6.42 Å². The number of aromatic nitrogens is 1. The van der Waals surface area contributed by atoms with Gasteiger partial charge in [-0.3, -0.25) is 4.98 Å². The molecule has 0 saturated heterocycles. The normalized spacial score (nSPS) is 11.8. The molecular formula is C13H16N2O3S. The van der Waals surface area contributed by atoms with Gasteiger partial charge in [-0.2, -0.15) is 0 Å². The van der Waals surface area contributed by atoms with Crippen molar-refractivity contribution in [3.05, 3.63) is 42.1 Å². The molecule has 0 saturated carbocycles. The van der Waals surface area contributed by atoms with Crippen LogP contribution < -0.4 is 4.72 Å². The number of para-hydroxylation sites is 1. The Morgan fingerprint density at radius 1 is 1.21 bits per heavy atom. The van der Waals surface area contributed by atoms with E-state index in [4.69, 9.17) is 5.11 Å². The Morgan fingerprint density at radius 2 is 2.00 bits per heavy atom. The highest BCUT2D eigenvalue weighted by Gasteiger charge is 2.09. The predicted octanol–water partition coefficient (Wildman–Crippen LogP) is 0.689. The summed E-state index contributed by atoms with van der Waals surface area (Å²) in [4.78, 5) is 4.32. The summed E-state index contributed by atoms with van der Waals surface area (Å²) < 4.78 is 25.3. The van der Waals surface area contributed by atoms with Crippen LogP contribution in [0.2, 0.25) is 0 Å². The smallest absolute Gasteiger partial charge is 0.213 e. The molecule has 1 heterocycles. The molecule has 19 heavy (non-hydrogen) atoms. The number of hydrogen-bond acceptors (Lipinski definition) is 4. The van der Waals surface area contributed by atoms with Crippen LogP contribution in [0.25, 0.3) is 10.9 Å². The van der Waals surface area contributed by atoms with Gasteiger partial charge in [0.1, 0.15) is 0 Å². The number of aliphatic hydroxyl groups excluding tert-OH is 1. The average molecular weight is 280 g/mol. The van der Waals surface area contributed by atoms with Crippen LogP contribution in [0.1, 0.15) is 5.56 Å². The quantitative estimate of drug-likeness (QED) is 0.816. The second-order valence-corrected chi connectivity index (χ2v) is 6.11. The Labute approximate surface area is 112 Å². The van der Waals surface area contributed by atoms with E-state index < -0.39 is 10.0 Å². The zero-order valence-electron chi connectivity index (χ0n) is 10.4. The van der Waals surface area contributed by atoms with Crippen LogP contribution in [0.15, 0.2) is 36.5 Å². The van der Waals surface area contributed by atoms with Crippen LogP contribution >= 0.6 is 0 Å². The molecular weight excluding hydrogens is 264 g/mol. The van der Waals surface area contributed by atoms with E-state index in [1.807, 2.05) is 30.3 Å². The van der Waals surface area contributed by atoms with Gasteiger partial charge in [-0.05, 0) is 18.1 Å². The highest BCUT2D eigenvalue weighted by molar-refractivity contribution is 7.89. The molecule has 1 aromatic heterocycles. The molecule has 0 amide bonds. The molecule has 2 N–H and O–H groups in total. The highest BCUT2D eigenvalue weighted by atomic mass is 32.2. The van der Waals surface area contributed by atoms with Gasteiger partial charge in [0.2, 0.25) is 10.0 Å². The largest absolute Gasteiger partial charge is 0.395 e. The lowest BCUT2D eigenvalue weighted by molar-refractivity contribution is 0.319. The van der Waals surface area contributed by atoms with Crippen LogP contribution in [0, 0.1) is 0 Å². The number of rotatable bonds is 6. The molecule has 2 aromatic rings. The fourth-order valence-electron chi connectivity index (χ4n) is 1.90. The lowest BCUT2D eigenvalue weighted by atomic mass is 10.1. The van der Waals surface area contributed by atoms with Crippen LogP contribution in [0.5, 0.6) is 0 Å². The minimum absolute atomic E-state index is 0.263. The first kappa shape index (κ1) is 13.9. The zero-order chi connectivity index (χ0) is 13.7. The lowest BCUT2D eigenvalue weighted by Crippen LogP contribution is -2.29. The third-order valence-corrected chi connectivity index (χ3v) is 4.16. The van der Waals surface area contributed by atoms with E-state index in [9.17, 15) is 8.42 Å². The predicted molar refractivity (Wildman–Crippen MR) is 74.3 cm³/mol. The molecule has 2 rings (SSSR count). The molecule has 0 aliphatic rings. The molecule has 0 radical (unpaired) electrons. The van der Waals surface area contributed by atoms with Gasteiger partial charge >= 0.3 is 0 Å². The number of fused-ring (bicyclic) bond motifs is 1. The van der Waals surface area contributed by atoms with E-state index in [1.54, 1.807) is 6.20 Å². The van der Waals surface area contributed by atoms with Crippen molar-refractivity contribution in [3.8, 4) is 0 Å². The summed E-state index contributed by atoms with van der Waals surface area (Å²) in [5.74, 6) is -0.263. The monoisotopic (exact) mass is 280 g/mol. The maximum Gasteiger partial charge on any atom is 0.213 e. The van der Waals surface area contributed by atoms with Gasteiger partial charge in [0.05, 0.1) is 17.9 Å². The zero-order valence-corrected chi connectivity index (χ0v) is 11.2. The maximum absolute atomic E-state index is 11.4. The minimum atomic E-state index is -3.38. The highest BCUT2D eigenvalue weighted by Crippen LogP contribution is 2.15. The number of hydrogen-bond donors (Lipinski definition) is 2. The summed E-state index contributed by atoms with van der Waals surface area (Å²) in [6, 6.07) is 9.69. The Kier molecular flexibility index (Phi) is 4.47. The summed E-state index contributed by atoms with van der Waals surface area (Å²) in [6.45, 7) is -0.0663. The van der Waals surface area contributed by atoms with Crippen molar-refractivity contribution in [2.75, 3.05) is 18.9 Å². The molecule has 0 atom stereocenters. The molecule has 5 nitrogen and oxygen atoms in total. The van der Waals surface area contributed by atoms with Gasteiger partial charge in [-0.25, -0.2) is 13.1 Å². The van der Waals surface area contributed by atoms with Crippen LogP contribution in [-0.2, 0) is 16.4 Å². The van der Waals surface area contributed by atoms with E-state index in [-0.39, 0.29) is 12.4 Å². The van der Waals surface area contributed by atoms with Crippen LogP contribution in [-0.4, -0.2) is 37.4 Å². The Morgan fingerprint density at radius 3 is 2.79 bits per heavy atom. The van der Waals surface area contributed by atoms with Crippen LogP contribution in [0.3, 0.4) is 0 Å². The number of sulfonamides is 1. The van der Waals surface area contributed by atoms with Crippen molar-refractivity contribution < 1.29 is 13.5 Å². The fraction of sp³-hybridized carbons (Fsp3) is 0.308. The third-order valence-electron chi connectivity index (χ3n) is 2.79. The molecule has 102 valence electrons. The van der Waals surface area contributed by atoms with Crippen molar-refractivity contribution in [2.24, 2.45) is 0 Å². The molecule has 0 unspecified atom stereocenters. The van der Waals surface area contributed by atoms with Gasteiger partial charge < -0.3 is 5.11 Å². The molecule has 0 aliphatic heterocycles. The van der Waals surface area contributed by atoms with E-state index in [0.29, 0.717) is 13.0 Å². The topological polar surface area (TPSA) is 79.3 Å². The summed E-state index contributed by atoms with van der Waals surface area (Å²) in [5, 5.41) is 9.67. The van der Waals surface area contributed by atoms with E-state index >= 15 is 0 Å². The van der Waals surface area contributed by atoms with Gasteiger partial charge in [-0.1, -0.05) is 24.3 Å². The second-order valence-electron chi connectivity index (χ2n) is 4.18. The van der Waals surface area contributed by atoms with Gasteiger partial charge in [0.25, 0.3) is 0 Å². The molecule has 0 spiro atoms. The summed E-state index contributed by atoms with van der Waals surface area (Å²) in [7, 11) is -3.38. The summed E-state index contributed by atoms with van der Waals surface area (Å²) in [5.41, 5.74) is 1.90. The number of nitrogens with zero attached hydrogens (tertiary/aromatic N) is 1. The molecule has 0 aliphatic carbocycles. The average Bonchev–Trinajstić information content (AvgIpc) is 2.39. The van der Waals surface area contributed by atoms with Crippen molar-refractivity contribution in [3.63, 3.8) is 0 Å². The van der Waals surface area contributed by atoms with Crippen molar-refractivity contribution in [1.82, 2.24) is 9.71 Å². The molecule has 0 bridgehead atoms. The SMILES string of the molecule is O=S(=O)(CCO)NCCc1cccc2cccnc12. The minimum Gasteiger partial charge on any atom is -0.395 e. The molecule has 0 fully saturated rings. The van der Waals surface area contributed by atoms with Crippen molar-refractivity contribution >= 4 is 20.9 Å². The molecule has 6 heteroatoms. The third kappa shape index (κ3) is 3.73. The summed E-state index contributed by atoms with van der Waals surface area (Å²) in [6.07, 6.45) is 2.29. The Hall–Kier alpha value is -1.50. The second kappa shape index (κ2) is 6.10. The number of nitrogens with one attached hydrogen (secondary N) is 1. The van der Waals surface area contributed by atoms with Crippen LogP contribution in [0.4, 0.5) is 0 Å². The first-order valence-corrected chi connectivity index (χ1v) is 7.68. The van der Waals surface area contributed by atoms with Crippen molar-refractivity contribution in [1.29, 1.82) is 0 Å². The standard InChI is InChI=1S/C13H16N2O3S/c16-9-10-19(17,18)15-8-6-12-4-1-3-11-5-2-7-14-13(11)12/h1-5,7,15-16H,6,8-10H2. The number of aliphatic hydroxyl groups is 1.